The van der Waals surface area contributed by atoms with Crippen LogP contribution in [0.25, 0.3) is 0 Å². The second kappa shape index (κ2) is 2.54. The molecule has 0 unspecified atom stereocenters. The zero-order chi connectivity index (χ0) is 6.85. The molecule has 0 aliphatic carbocycles. The summed E-state index contributed by atoms with van der Waals surface area (Å²) in [5.74, 6) is 0. The average molecular weight is 157 g/mol. The van der Waals surface area contributed by atoms with Crippen molar-refractivity contribution in [2.75, 3.05) is 0 Å². The molecule has 1 rings (SSSR count). The average Bonchev–Trinajstić information content (AvgIpc) is 1.59. The predicted molar refractivity (Wildman–Crippen MR) is 43.6 cm³/mol. The number of thiol groups is 1. The van der Waals surface area contributed by atoms with E-state index in [-0.39, 0.29) is 0 Å². The molecule has 48 valence electrons. The summed E-state index contributed by atoms with van der Waals surface area (Å²) in [7, 11) is 0. The molecule has 1 aromatic rings. The van der Waals surface area contributed by atoms with Gasteiger partial charge in [-0.05, 0) is 24.6 Å². The molecule has 0 saturated heterocycles. The quantitative estimate of drug-likeness (QED) is 0.436. The topological polar surface area (TPSA) is 15.8 Å². The van der Waals surface area contributed by atoms with Crippen LogP contribution in [0.3, 0.4) is 0 Å². The third-order valence-electron chi connectivity index (χ3n) is 0.974. The van der Waals surface area contributed by atoms with E-state index >= 15 is 0 Å². The van der Waals surface area contributed by atoms with Crippen LogP contribution >= 0.6 is 24.8 Å². The first kappa shape index (κ1) is 6.83. The second-order valence-corrected chi connectivity index (χ2v) is 2.83. The maximum Gasteiger partial charge on any atom is 0.104 e. The van der Waals surface area contributed by atoms with Crippen molar-refractivity contribution in [2.45, 2.75) is 11.9 Å². The number of aromatic amines is 1. The van der Waals surface area contributed by atoms with Crippen LogP contribution in [-0.2, 0) is 0 Å². The molecule has 1 heterocycles. The zero-order valence-corrected chi connectivity index (χ0v) is 6.72. The monoisotopic (exact) mass is 157 g/mol. The van der Waals surface area contributed by atoms with Gasteiger partial charge in [0, 0.05) is 0 Å². The summed E-state index contributed by atoms with van der Waals surface area (Å²) >= 11 is 8.98. The lowest BCUT2D eigenvalue weighted by Crippen LogP contribution is -1.78. The van der Waals surface area contributed by atoms with E-state index in [2.05, 4.69) is 17.6 Å². The summed E-state index contributed by atoms with van der Waals surface area (Å²) in [6, 6.07) is 3.83. The highest BCUT2D eigenvalue weighted by Gasteiger charge is 1.85. The van der Waals surface area contributed by atoms with Gasteiger partial charge in [0.15, 0.2) is 0 Å². The molecule has 1 nitrogen and oxygen atoms in total. The summed E-state index contributed by atoms with van der Waals surface area (Å²) in [5.41, 5.74) is 1.14. The minimum absolute atomic E-state index is 0.736. The van der Waals surface area contributed by atoms with Gasteiger partial charge in [-0.3, -0.25) is 0 Å². The molecular formula is C6H7NS2. The van der Waals surface area contributed by atoms with Gasteiger partial charge >= 0.3 is 0 Å². The molecule has 3 heteroatoms. The van der Waals surface area contributed by atoms with E-state index in [0.29, 0.717) is 0 Å². The summed E-state index contributed by atoms with van der Waals surface area (Å²) in [4.78, 5) is 2.89. The van der Waals surface area contributed by atoms with Crippen molar-refractivity contribution in [1.29, 1.82) is 0 Å². The van der Waals surface area contributed by atoms with Gasteiger partial charge < -0.3 is 4.98 Å². The van der Waals surface area contributed by atoms with Gasteiger partial charge in [0.1, 0.15) is 4.64 Å². The Labute approximate surface area is 64.5 Å². The van der Waals surface area contributed by atoms with Crippen molar-refractivity contribution in [3.63, 3.8) is 0 Å². The largest absolute Gasteiger partial charge is 0.342 e. The van der Waals surface area contributed by atoms with Gasteiger partial charge in [-0.25, -0.2) is 0 Å². The number of pyridine rings is 1. The van der Waals surface area contributed by atoms with Crippen molar-refractivity contribution in [3.05, 3.63) is 22.3 Å². The minimum Gasteiger partial charge on any atom is -0.342 e. The SMILES string of the molecule is Cc1cc(S)[nH]c(=S)c1. The maximum absolute atomic E-state index is 4.88. The van der Waals surface area contributed by atoms with Crippen LogP contribution in [0, 0.1) is 11.6 Å². The molecule has 0 aromatic carbocycles. The van der Waals surface area contributed by atoms with E-state index in [1.54, 1.807) is 0 Å². The first-order chi connectivity index (χ1) is 4.18. The van der Waals surface area contributed by atoms with E-state index in [9.17, 15) is 0 Å². The molecule has 0 saturated carbocycles. The second-order valence-electron chi connectivity index (χ2n) is 1.91. The number of rotatable bonds is 0. The van der Waals surface area contributed by atoms with E-state index in [1.165, 1.54) is 0 Å². The van der Waals surface area contributed by atoms with Gasteiger partial charge in [0.05, 0.1) is 5.03 Å². The number of H-pyrrole nitrogens is 1. The van der Waals surface area contributed by atoms with E-state index in [4.69, 9.17) is 12.2 Å². The van der Waals surface area contributed by atoms with Gasteiger partial charge in [-0.2, -0.15) is 0 Å². The molecule has 0 aliphatic heterocycles. The van der Waals surface area contributed by atoms with Crippen molar-refractivity contribution >= 4 is 24.8 Å². The van der Waals surface area contributed by atoms with Crippen molar-refractivity contribution in [2.24, 2.45) is 0 Å². The number of aromatic nitrogens is 1. The van der Waals surface area contributed by atoms with E-state index < -0.39 is 0 Å². The standard InChI is InChI=1S/C6H7NS2/c1-4-2-5(8)7-6(9)3-4/h2-3H,1H3,(H2,7,8,9). The molecule has 0 bridgehead atoms. The molecule has 0 aliphatic rings. The Morgan fingerprint density at radius 1 is 1.56 bits per heavy atom. The fourth-order valence-corrected chi connectivity index (χ4v) is 1.36. The van der Waals surface area contributed by atoms with E-state index in [0.717, 1.165) is 15.2 Å². The molecule has 0 spiro atoms. The predicted octanol–water partition coefficient (Wildman–Crippen LogP) is 2.34. The molecule has 1 aromatic heterocycles. The first-order valence-electron chi connectivity index (χ1n) is 2.58. The Morgan fingerprint density at radius 2 is 2.22 bits per heavy atom. The maximum atomic E-state index is 4.88. The molecular weight excluding hydrogens is 150 g/mol. The third kappa shape index (κ3) is 1.84. The Hall–Kier alpha value is -0.280. The smallest absolute Gasteiger partial charge is 0.104 e. The van der Waals surface area contributed by atoms with Gasteiger partial charge in [0.2, 0.25) is 0 Å². The Kier molecular flexibility index (Phi) is 1.93. The lowest BCUT2D eigenvalue weighted by molar-refractivity contribution is 1.10. The van der Waals surface area contributed by atoms with Crippen LogP contribution < -0.4 is 0 Å². The van der Waals surface area contributed by atoms with Gasteiger partial charge in [0.25, 0.3) is 0 Å². The summed E-state index contributed by atoms with van der Waals surface area (Å²) < 4.78 is 0.736. The summed E-state index contributed by atoms with van der Waals surface area (Å²) in [6.45, 7) is 1.99. The molecule has 0 atom stereocenters. The van der Waals surface area contributed by atoms with Crippen LogP contribution in [0.1, 0.15) is 5.56 Å². The fraction of sp³-hybridized carbons (Fsp3) is 0.167. The first-order valence-corrected chi connectivity index (χ1v) is 3.44. The van der Waals surface area contributed by atoms with Gasteiger partial charge in [-0.1, -0.05) is 12.2 Å². The number of hydrogen-bond donors (Lipinski definition) is 2. The highest BCUT2D eigenvalue weighted by Crippen LogP contribution is 2.04. The van der Waals surface area contributed by atoms with Crippen molar-refractivity contribution in [1.82, 2.24) is 4.98 Å². The summed E-state index contributed by atoms with van der Waals surface area (Å²) in [5, 5.41) is 0.819. The van der Waals surface area contributed by atoms with Crippen LogP contribution in [0.15, 0.2) is 17.2 Å². The van der Waals surface area contributed by atoms with Crippen molar-refractivity contribution in [3.8, 4) is 0 Å². The van der Waals surface area contributed by atoms with Gasteiger partial charge in [-0.15, -0.1) is 12.6 Å². The fourth-order valence-electron chi connectivity index (χ4n) is 0.662. The van der Waals surface area contributed by atoms with Crippen LogP contribution in [0.5, 0.6) is 0 Å². The Balaban J connectivity index is 3.33. The lowest BCUT2D eigenvalue weighted by atomic mass is 10.3. The number of aryl methyl sites for hydroxylation is 1. The van der Waals surface area contributed by atoms with Crippen LogP contribution in [0.2, 0.25) is 0 Å². The molecule has 9 heavy (non-hydrogen) atoms. The Bertz CT molecular complexity index is 241. The molecule has 0 radical (unpaired) electrons. The van der Waals surface area contributed by atoms with E-state index in [1.807, 2.05) is 19.1 Å². The number of nitrogens with one attached hydrogen (secondary N) is 1. The zero-order valence-electron chi connectivity index (χ0n) is 5.01. The third-order valence-corrected chi connectivity index (χ3v) is 1.44. The number of hydrogen-bond acceptors (Lipinski definition) is 2. The van der Waals surface area contributed by atoms with Crippen molar-refractivity contribution < 1.29 is 0 Å². The molecule has 1 N–H and O–H groups in total. The molecule has 0 fully saturated rings. The molecule has 0 amide bonds. The summed E-state index contributed by atoms with van der Waals surface area (Å²) in [6.07, 6.45) is 0. The van der Waals surface area contributed by atoms with Crippen LogP contribution in [-0.4, -0.2) is 4.98 Å². The Morgan fingerprint density at radius 3 is 2.67 bits per heavy atom. The highest BCUT2D eigenvalue weighted by atomic mass is 32.1. The highest BCUT2D eigenvalue weighted by molar-refractivity contribution is 7.80. The minimum atomic E-state index is 0.736. The van der Waals surface area contributed by atoms with Crippen LogP contribution in [0.4, 0.5) is 0 Å². The normalized spacial score (nSPS) is 9.56. The lowest BCUT2D eigenvalue weighted by Gasteiger charge is -1.92.